The van der Waals surface area contributed by atoms with E-state index in [9.17, 15) is 0 Å². The van der Waals surface area contributed by atoms with E-state index in [1.165, 1.54) is 11.4 Å². The predicted molar refractivity (Wildman–Crippen MR) is 66.2 cm³/mol. The van der Waals surface area contributed by atoms with Gasteiger partial charge in [-0.1, -0.05) is 0 Å². The minimum absolute atomic E-state index is 0.530. The Hall–Kier alpha value is -1.09. The van der Waals surface area contributed by atoms with Gasteiger partial charge in [-0.3, -0.25) is 0 Å². The quantitative estimate of drug-likeness (QED) is 0.770. The standard InChI is InChI=1S/C13H22N3/c1-10(2)15-8-5-6-12-13(15)7-9-16(14-12)11(3)4/h5-6,8,10-11,14H,7,9H2,1-4H3/q+1. The van der Waals surface area contributed by atoms with Gasteiger partial charge in [-0.05, 0) is 33.8 Å². The molecule has 16 heavy (non-hydrogen) atoms. The number of hydrazine groups is 1. The highest BCUT2D eigenvalue weighted by Crippen LogP contribution is 2.20. The number of rotatable bonds is 2. The fourth-order valence-corrected chi connectivity index (χ4v) is 2.23. The van der Waals surface area contributed by atoms with Crippen LogP contribution in [0.4, 0.5) is 5.69 Å². The van der Waals surface area contributed by atoms with Crippen molar-refractivity contribution in [2.75, 3.05) is 12.0 Å². The zero-order valence-electron chi connectivity index (χ0n) is 10.7. The number of anilines is 1. The van der Waals surface area contributed by atoms with Gasteiger partial charge in [0.05, 0.1) is 0 Å². The molecule has 0 atom stereocenters. The Morgan fingerprint density at radius 3 is 2.69 bits per heavy atom. The number of nitrogens with one attached hydrogen (secondary N) is 1. The van der Waals surface area contributed by atoms with Crippen LogP contribution in [0.2, 0.25) is 0 Å². The SMILES string of the molecule is CC(C)N1CCc2c(ccc[n+]2C(C)C)N1. The zero-order chi connectivity index (χ0) is 11.7. The Labute approximate surface area is 98.1 Å². The van der Waals surface area contributed by atoms with E-state index in [-0.39, 0.29) is 0 Å². The highest BCUT2D eigenvalue weighted by atomic mass is 15.5. The lowest BCUT2D eigenvalue weighted by molar-refractivity contribution is -0.722. The predicted octanol–water partition coefficient (Wildman–Crippen LogP) is 2.15. The third kappa shape index (κ3) is 2.05. The molecule has 3 heteroatoms. The number of fused-ring (bicyclic) bond motifs is 1. The molecule has 0 amide bonds. The van der Waals surface area contributed by atoms with Gasteiger partial charge in [0, 0.05) is 25.1 Å². The first-order valence-corrected chi connectivity index (χ1v) is 6.16. The summed E-state index contributed by atoms with van der Waals surface area (Å²) < 4.78 is 2.36. The van der Waals surface area contributed by atoms with Gasteiger partial charge in [0.1, 0.15) is 5.69 Å². The van der Waals surface area contributed by atoms with Crippen LogP contribution in [0.15, 0.2) is 18.3 Å². The van der Waals surface area contributed by atoms with Gasteiger partial charge in [-0.25, -0.2) is 5.01 Å². The summed E-state index contributed by atoms with van der Waals surface area (Å²) in [6.07, 6.45) is 3.30. The normalized spacial score (nSPS) is 16.4. The van der Waals surface area contributed by atoms with Crippen LogP contribution >= 0.6 is 0 Å². The van der Waals surface area contributed by atoms with Crippen LogP contribution < -0.4 is 9.99 Å². The summed E-state index contributed by atoms with van der Waals surface area (Å²) in [6.45, 7) is 9.99. The second-order valence-electron chi connectivity index (χ2n) is 5.02. The van der Waals surface area contributed by atoms with Crippen LogP contribution in [0.1, 0.15) is 39.4 Å². The van der Waals surface area contributed by atoms with Crippen molar-refractivity contribution in [3.63, 3.8) is 0 Å². The lowest BCUT2D eigenvalue weighted by Crippen LogP contribution is -2.48. The van der Waals surface area contributed by atoms with E-state index in [4.69, 9.17) is 0 Å². The van der Waals surface area contributed by atoms with Crippen molar-refractivity contribution in [1.82, 2.24) is 5.01 Å². The van der Waals surface area contributed by atoms with Crippen molar-refractivity contribution < 1.29 is 4.57 Å². The fraction of sp³-hybridized carbons (Fsp3) is 0.615. The number of pyridine rings is 1. The number of hydrogen-bond acceptors (Lipinski definition) is 2. The third-order valence-corrected chi connectivity index (χ3v) is 3.17. The first-order valence-electron chi connectivity index (χ1n) is 6.16. The van der Waals surface area contributed by atoms with Crippen LogP contribution in [0.5, 0.6) is 0 Å². The molecule has 88 valence electrons. The fourth-order valence-electron chi connectivity index (χ4n) is 2.23. The van der Waals surface area contributed by atoms with E-state index in [2.05, 4.69) is 61.0 Å². The van der Waals surface area contributed by atoms with Crippen molar-refractivity contribution in [2.45, 2.75) is 46.2 Å². The summed E-state index contributed by atoms with van der Waals surface area (Å²) in [5, 5.41) is 2.30. The Balaban J connectivity index is 2.31. The molecule has 3 nitrogen and oxygen atoms in total. The Kier molecular flexibility index (Phi) is 3.15. The maximum atomic E-state index is 3.50. The Bertz CT molecular complexity index is 371. The molecule has 0 bridgehead atoms. The monoisotopic (exact) mass is 220 g/mol. The highest BCUT2D eigenvalue weighted by molar-refractivity contribution is 5.46. The molecule has 0 saturated heterocycles. The van der Waals surface area contributed by atoms with E-state index < -0.39 is 0 Å². The van der Waals surface area contributed by atoms with Gasteiger partial charge in [0.2, 0.25) is 5.69 Å². The van der Waals surface area contributed by atoms with Crippen LogP contribution in [0.25, 0.3) is 0 Å². The van der Waals surface area contributed by atoms with Gasteiger partial charge in [0.25, 0.3) is 0 Å². The van der Waals surface area contributed by atoms with Crippen LogP contribution in [-0.4, -0.2) is 17.6 Å². The minimum atomic E-state index is 0.530. The van der Waals surface area contributed by atoms with Gasteiger partial charge in [-0.15, -0.1) is 0 Å². The third-order valence-electron chi connectivity index (χ3n) is 3.17. The Morgan fingerprint density at radius 1 is 1.31 bits per heavy atom. The van der Waals surface area contributed by atoms with Crippen LogP contribution in [0, 0.1) is 0 Å². The maximum absolute atomic E-state index is 3.50. The molecule has 1 N–H and O–H groups in total. The molecule has 0 aromatic carbocycles. The Morgan fingerprint density at radius 2 is 2.06 bits per heavy atom. The molecule has 0 radical (unpaired) electrons. The van der Waals surface area contributed by atoms with Crippen molar-refractivity contribution in [3.8, 4) is 0 Å². The average Bonchev–Trinajstić information content (AvgIpc) is 2.27. The van der Waals surface area contributed by atoms with E-state index in [1.807, 2.05) is 0 Å². The summed E-state index contributed by atoms with van der Waals surface area (Å²) in [6, 6.07) is 5.36. The topological polar surface area (TPSA) is 19.1 Å². The van der Waals surface area contributed by atoms with E-state index in [0.29, 0.717) is 12.1 Å². The second kappa shape index (κ2) is 4.42. The maximum Gasteiger partial charge on any atom is 0.207 e. The first-order chi connectivity index (χ1) is 7.59. The molecule has 1 aromatic rings. The molecule has 0 saturated carbocycles. The van der Waals surface area contributed by atoms with Gasteiger partial charge >= 0.3 is 0 Å². The molecule has 1 aliphatic rings. The molecule has 2 heterocycles. The van der Waals surface area contributed by atoms with E-state index in [1.54, 1.807) is 0 Å². The molecule has 2 rings (SSSR count). The van der Waals surface area contributed by atoms with Crippen molar-refractivity contribution in [2.24, 2.45) is 0 Å². The lowest BCUT2D eigenvalue weighted by Gasteiger charge is -2.32. The molecule has 0 fully saturated rings. The molecule has 0 spiro atoms. The smallest absolute Gasteiger partial charge is 0.207 e. The van der Waals surface area contributed by atoms with Gasteiger partial charge in [-0.2, -0.15) is 4.57 Å². The van der Waals surface area contributed by atoms with Gasteiger partial charge in [0.15, 0.2) is 12.2 Å². The van der Waals surface area contributed by atoms with Crippen LogP contribution in [0.3, 0.4) is 0 Å². The van der Waals surface area contributed by atoms with Crippen molar-refractivity contribution >= 4 is 5.69 Å². The average molecular weight is 220 g/mol. The number of nitrogens with zero attached hydrogens (tertiary/aromatic N) is 2. The lowest BCUT2D eigenvalue weighted by atomic mass is 10.1. The summed E-state index contributed by atoms with van der Waals surface area (Å²) >= 11 is 0. The summed E-state index contributed by atoms with van der Waals surface area (Å²) in [5.41, 5.74) is 6.19. The van der Waals surface area contributed by atoms with E-state index in [0.717, 1.165) is 13.0 Å². The summed E-state index contributed by atoms with van der Waals surface area (Å²) in [4.78, 5) is 0. The van der Waals surface area contributed by atoms with Gasteiger partial charge < -0.3 is 5.43 Å². The molecular weight excluding hydrogens is 198 g/mol. The minimum Gasteiger partial charge on any atom is -0.313 e. The number of hydrogen-bond donors (Lipinski definition) is 1. The van der Waals surface area contributed by atoms with Crippen molar-refractivity contribution in [1.29, 1.82) is 0 Å². The molecule has 1 aliphatic heterocycles. The number of aromatic nitrogens is 1. The zero-order valence-corrected chi connectivity index (χ0v) is 10.7. The molecule has 0 unspecified atom stereocenters. The van der Waals surface area contributed by atoms with E-state index >= 15 is 0 Å². The molecule has 1 aromatic heterocycles. The second-order valence-corrected chi connectivity index (χ2v) is 5.02. The summed E-state index contributed by atoms with van der Waals surface area (Å²) in [5.74, 6) is 0. The summed E-state index contributed by atoms with van der Waals surface area (Å²) in [7, 11) is 0. The molecule has 0 aliphatic carbocycles. The highest BCUT2D eigenvalue weighted by Gasteiger charge is 2.25. The molecular formula is C13H22N3+. The van der Waals surface area contributed by atoms with Crippen molar-refractivity contribution in [3.05, 3.63) is 24.0 Å². The van der Waals surface area contributed by atoms with Crippen LogP contribution in [-0.2, 0) is 6.42 Å². The largest absolute Gasteiger partial charge is 0.313 e. The first kappa shape index (κ1) is 11.4.